The van der Waals surface area contributed by atoms with Crippen molar-refractivity contribution < 1.29 is 9.47 Å². The molecule has 0 bridgehead atoms. The van der Waals surface area contributed by atoms with E-state index in [4.69, 9.17) is 9.47 Å². The highest BCUT2D eigenvalue weighted by atomic mass is 16.5. The van der Waals surface area contributed by atoms with Crippen molar-refractivity contribution in [3.05, 3.63) is 23.8 Å². The normalized spacial score (nSPS) is 10.7. The molecule has 0 aliphatic heterocycles. The summed E-state index contributed by atoms with van der Waals surface area (Å²) in [4.78, 5) is 0. The van der Waals surface area contributed by atoms with Crippen molar-refractivity contribution in [2.75, 3.05) is 13.2 Å². The summed E-state index contributed by atoms with van der Waals surface area (Å²) in [6, 6.07) is 6.35. The summed E-state index contributed by atoms with van der Waals surface area (Å²) in [5.41, 5.74) is 1.31. The lowest BCUT2D eigenvalue weighted by Gasteiger charge is -2.14. The van der Waals surface area contributed by atoms with Crippen LogP contribution in [0.5, 0.6) is 11.5 Å². The van der Waals surface area contributed by atoms with Crippen LogP contribution < -0.4 is 9.47 Å². The largest absolute Gasteiger partial charge is 0.494 e. The summed E-state index contributed by atoms with van der Waals surface area (Å²) in [7, 11) is 0. The maximum absolute atomic E-state index is 6.01. The molecular formula is C21H36O2. The van der Waals surface area contributed by atoms with Gasteiger partial charge in [-0.15, -0.1) is 0 Å². The van der Waals surface area contributed by atoms with Gasteiger partial charge in [-0.2, -0.15) is 0 Å². The Morgan fingerprint density at radius 1 is 0.696 bits per heavy atom. The Balaban J connectivity index is 2.59. The van der Waals surface area contributed by atoms with E-state index in [1.807, 2.05) is 0 Å². The molecule has 23 heavy (non-hydrogen) atoms. The Morgan fingerprint density at radius 3 is 1.96 bits per heavy atom. The molecule has 2 nitrogen and oxygen atoms in total. The van der Waals surface area contributed by atoms with Crippen LogP contribution in [0.15, 0.2) is 18.2 Å². The van der Waals surface area contributed by atoms with Crippen molar-refractivity contribution in [2.45, 2.75) is 85.0 Å². The third-order valence-corrected chi connectivity index (χ3v) is 4.10. The van der Waals surface area contributed by atoms with Crippen LogP contribution in [0.2, 0.25) is 0 Å². The molecule has 0 N–H and O–H groups in total. The number of benzene rings is 1. The van der Waals surface area contributed by atoms with Crippen molar-refractivity contribution in [1.29, 1.82) is 0 Å². The van der Waals surface area contributed by atoms with Crippen LogP contribution in [0.25, 0.3) is 0 Å². The Labute approximate surface area is 143 Å². The minimum atomic E-state index is 0.818. The fourth-order valence-electron chi connectivity index (χ4n) is 2.62. The molecule has 0 aromatic heterocycles. The quantitative estimate of drug-likeness (QED) is 0.361. The van der Waals surface area contributed by atoms with Gasteiger partial charge >= 0.3 is 0 Å². The van der Waals surface area contributed by atoms with E-state index >= 15 is 0 Å². The second-order valence-corrected chi connectivity index (χ2v) is 6.34. The first-order valence-corrected chi connectivity index (χ1v) is 9.70. The van der Waals surface area contributed by atoms with Crippen LogP contribution in [0.4, 0.5) is 0 Å². The molecule has 1 aromatic carbocycles. The molecule has 0 saturated carbocycles. The minimum absolute atomic E-state index is 0.818. The van der Waals surface area contributed by atoms with Crippen LogP contribution in [-0.4, -0.2) is 13.2 Å². The molecule has 0 atom stereocenters. The van der Waals surface area contributed by atoms with Gasteiger partial charge in [-0.3, -0.25) is 0 Å². The summed E-state index contributed by atoms with van der Waals surface area (Å²) < 4.78 is 11.9. The smallest absolute Gasteiger partial charge is 0.122 e. The number of unbranched alkanes of at least 4 members (excludes halogenated alkanes) is 6. The first kappa shape index (κ1) is 19.9. The van der Waals surface area contributed by atoms with E-state index in [1.54, 1.807) is 0 Å². The highest BCUT2D eigenvalue weighted by Gasteiger charge is 2.06. The number of rotatable bonds is 14. The van der Waals surface area contributed by atoms with E-state index in [2.05, 4.69) is 39.0 Å². The van der Waals surface area contributed by atoms with E-state index < -0.39 is 0 Å². The van der Waals surface area contributed by atoms with Crippen molar-refractivity contribution in [3.63, 3.8) is 0 Å². The van der Waals surface area contributed by atoms with E-state index in [1.165, 1.54) is 50.5 Å². The maximum atomic E-state index is 6.01. The van der Waals surface area contributed by atoms with Gasteiger partial charge in [0.05, 0.1) is 13.2 Å². The van der Waals surface area contributed by atoms with Crippen LogP contribution in [0.1, 0.15) is 84.1 Å². The molecule has 2 heteroatoms. The summed E-state index contributed by atoms with van der Waals surface area (Å²) in [5.74, 6) is 2.05. The van der Waals surface area contributed by atoms with Crippen molar-refractivity contribution in [3.8, 4) is 11.5 Å². The summed E-state index contributed by atoms with van der Waals surface area (Å²) in [6.07, 6.45) is 12.1. The van der Waals surface area contributed by atoms with Gasteiger partial charge in [0.2, 0.25) is 0 Å². The number of hydrogen-bond donors (Lipinski definition) is 0. The molecule has 0 heterocycles. The Kier molecular flexibility index (Phi) is 11.5. The molecule has 0 amide bonds. The maximum Gasteiger partial charge on any atom is 0.122 e. The van der Waals surface area contributed by atoms with Crippen LogP contribution in [0.3, 0.4) is 0 Å². The average molecular weight is 321 g/mol. The SMILES string of the molecule is CCCCCOc1ccc(OCCCCC)c(CCCCC)c1. The first-order valence-electron chi connectivity index (χ1n) is 9.70. The van der Waals surface area contributed by atoms with Gasteiger partial charge in [-0.25, -0.2) is 0 Å². The van der Waals surface area contributed by atoms with E-state index in [0.717, 1.165) is 44.0 Å². The predicted molar refractivity (Wildman–Crippen MR) is 99.7 cm³/mol. The number of hydrogen-bond acceptors (Lipinski definition) is 2. The molecule has 0 aliphatic carbocycles. The lowest BCUT2D eigenvalue weighted by molar-refractivity contribution is 0.295. The molecule has 1 aromatic rings. The first-order chi connectivity index (χ1) is 11.3. The van der Waals surface area contributed by atoms with E-state index in [9.17, 15) is 0 Å². The zero-order valence-electron chi connectivity index (χ0n) is 15.5. The van der Waals surface area contributed by atoms with Gasteiger partial charge < -0.3 is 9.47 Å². The summed E-state index contributed by atoms with van der Waals surface area (Å²) >= 11 is 0. The molecule has 0 unspecified atom stereocenters. The zero-order valence-corrected chi connectivity index (χ0v) is 15.5. The predicted octanol–water partition coefficient (Wildman–Crippen LogP) is 6.56. The molecule has 1 rings (SSSR count). The number of ether oxygens (including phenoxy) is 2. The zero-order chi connectivity index (χ0) is 16.8. The lowest BCUT2D eigenvalue weighted by Crippen LogP contribution is -2.02. The van der Waals surface area contributed by atoms with Gasteiger partial charge in [0, 0.05) is 0 Å². The van der Waals surface area contributed by atoms with Gasteiger partial charge in [0.25, 0.3) is 0 Å². The molecule has 0 spiro atoms. The molecule has 0 aliphatic rings. The van der Waals surface area contributed by atoms with E-state index in [0.29, 0.717) is 0 Å². The lowest BCUT2D eigenvalue weighted by atomic mass is 10.1. The topological polar surface area (TPSA) is 18.5 Å². The second-order valence-electron chi connectivity index (χ2n) is 6.34. The van der Waals surface area contributed by atoms with Gasteiger partial charge in [0.15, 0.2) is 0 Å². The Bertz CT molecular complexity index is 401. The fourth-order valence-corrected chi connectivity index (χ4v) is 2.62. The van der Waals surface area contributed by atoms with Crippen molar-refractivity contribution >= 4 is 0 Å². The monoisotopic (exact) mass is 320 g/mol. The highest BCUT2D eigenvalue weighted by molar-refractivity contribution is 5.40. The van der Waals surface area contributed by atoms with E-state index in [-0.39, 0.29) is 0 Å². The third kappa shape index (κ3) is 8.88. The van der Waals surface area contributed by atoms with Crippen LogP contribution in [-0.2, 0) is 6.42 Å². The molecule has 0 radical (unpaired) electrons. The molecule has 0 saturated heterocycles. The van der Waals surface area contributed by atoms with Crippen LogP contribution >= 0.6 is 0 Å². The van der Waals surface area contributed by atoms with Crippen LogP contribution in [0, 0.1) is 0 Å². The Morgan fingerprint density at radius 2 is 1.30 bits per heavy atom. The van der Waals surface area contributed by atoms with Gasteiger partial charge in [-0.1, -0.05) is 59.3 Å². The van der Waals surface area contributed by atoms with Gasteiger partial charge in [-0.05, 0) is 49.4 Å². The number of aryl methyl sites for hydroxylation is 1. The second kappa shape index (κ2) is 13.3. The molecule has 132 valence electrons. The van der Waals surface area contributed by atoms with Crippen molar-refractivity contribution in [2.24, 2.45) is 0 Å². The minimum Gasteiger partial charge on any atom is -0.494 e. The fraction of sp³-hybridized carbons (Fsp3) is 0.714. The summed E-state index contributed by atoms with van der Waals surface area (Å²) in [5, 5.41) is 0. The molecule has 0 fully saturated rings. The highest BCUT2D eigenvalue weighted by Crippen LogP contribution is 2.26. The average Bonchev–Trinajstić information content (AvgIpc) is 2.57. The standard InChI is InChI=1S/C21H36O2/c1-4-7-10-13-19-18-20(22-16-11-8-5-2)14-15-21(19)23-17-12-9-6-3/h14-15,18H,4-13,16-17H2,1-3H3. The van der Waals surface area contributed by atoms with Gasteiger partial charge in [0.1, 0.15) is 11.5 Å². The third-order valence-electron chi connectivity index (χ3n) is 4.10. The molecular weight excluding hydrogens is 284 g/mol. The van der Waals surface area contributed by atoms with Crippen molar-refractivity contribution in [1.82, 2.24) is 0 Å². The Hall–Kier alpha value is -1.18. The summed E-state index contributed by atoms with van der Waals surface area (Å²) in [6.45, 7) is 8.33.